The number of hydrogen-bond acceptors (Lipinski definition) is 7. The van der Waals surface area contributed by atoms with Gasteiger partial charge in [-0.1, -0.05) is 41.7 Å². The summed E-state index contributed by atoms with van der Waals surface area (Å²) >= 11 is 1.30. The molecule has 0 saturated heterocycles. The molecule has 1 aliphatic rings. The van der Waals surface area contributed by atoms with Gasteiger partial charge in [-0.15, -0.1) is 0 Å². The van der Waals surface area contributed by atoms with Crippen molar-refractivity contribution in [3.05, 3.63) is 120 Å². The highest BCUT2D eigenvalue weighted by Gasteiger charge is 2.33. The molecule has 0 bridgehead atoms. The Labute approximate surface area is 241 Å². The monoisotopic (exact) mass is 569 g/mol. The van der Waals surface area contributed by atoms with Crippen LogP contribution in [0.15, 0.2) is 81.7 Å². The van der Waals surface area contributed by atoms with Crippen molar-refractivity contribution in [3.63, 3.8) is 0 Å². The number of rotatable bonds is 7. The molecule has 3 heterocycles. The third-order valence-electron chi connectivity index (χ3n) is 7.03. The first-order chi connectivity index (χ1) is 19.7. The maximum Gasteiger partial charge on any atom is 0.338 e. The van der Waals surface area contributed by atoms with Crippen LogP contribution in [0.1, 0.15) is 59.7 Å². The van der Waals surface area contributed by atoms with Crippen LogP contribution in [-0.4, -0.2) is 34.3 Å². The number of hydrogen-bond donors (Lipinski definition) is 0. The maximum absolute atomic E-state index is 13.9. The van der Waals surface area contributed by atoms with E-state index in [1.807, 2.05) is 68.5 Å². The van der Waals surface area contributed by atoms with Crippen molar-refractivity contribution in [1.29, 1.82) is 0 Å². The lowest BCUT2D eigenvalue weighted by molar-refractivity contribution is -0.139. The van der Waals surface area contributed by atoms with Crippen LogP contribution in [0, 0.1) is 13.8 Å². The zero-order valence-electron chi connectivity index (χ0n) is 23.6. The lowest BCUT2D eigenvalue weighted by atomic mass is 9.96. The van der Waals surface area contributed by atoms with E-state index in [-0.39, 0.29) is 18.1 Å². The Morgan fingerprint density at radius 1 is 0.951 bits per heavy atom. The third kappa shape index (κ3) is 5.20. The molecule has 2 aromatic carbocycles. The molecule has 5 rings (SSSR count). The van der Waals surface area contributed by atoms with Gasteiger partial charge >= 0.3 is 11.9 Å². The lowest BCUT2D eigenvalue weighted by Gasteiger charge is -2.24. The van der Waals surface area contributed by atoms with E-state index in [0.717, 1.165) is 28.2 Å². The van der Waals surface area contributed by atoms with E-state index in [9.17, 15) is 14.4 Å². The summed E-state index contributed by atoms with van der Waals surface area (Å²) in [5.74, 6) is -0.833. The van der Waals surface area contributed by atoms with Crippen LogP contribution in [0.2, 0.25) is 0 Å². The summed E-state index contributed by atoms with van der Waals surface area (Å²) in [5, 5.41) is 0. The van der Waals surface area contributed by atoms with Gasteiger partial charge in [-0.25, -0.2) is 14.6 Å². The Kier molecular flexibility index (Phi) is 7.90. The highest BCUT2D eigenvalue weighted by Crippen LogP contribution is 2.30. The van der Waals surface area contributed by atoms with Crippen molar-refractivity contribution in [2.24, 2.45) is 4.99 Å². The van der Waals surface area contributed by atoms with Crippen molar-refractivity contribution in [2.45, 2.75) is 40.7 Å². The van der Waals surface area contributed by atoms with E-state index >= 15 is 0 Å². The molecule has 210 valence electrons. The summed E-state index contributed by atoms with van der Waals surface area (Å²) in [6, 6.07) is 18.1. The minimum atomic E-state index is -0.640. The Balaban J connectivity index is 1.60. The predicted molar refractivity (Wildman–Crippen MR) is 158 cm³/mol. The molecule has 0 amide bonds. The average molecular weight is 570 g/mol. The van der Waals surface area contributed by atoms with E-state index < -0.39 is 12.0 Å². The Morgan fingerprint density at radius 2 is 1.61 bits per heavy atom. The number of thiazole rings is 1. The first-order valence-corrected chi connectivity index (χ1v) is 14.3. The summed E-state index contributed by atoms with van der Waals surface area (Å²) in [7, 11) is 0. The second kappa shape index (κ2) is 11.5. The van der Waals surface area contributed by atoms with Crippen LogP contribution in [0.3, 0.4) is 0 Å². The number of benzene rings is 2. The van der Waals surface area contributed by atoms with Gasteiger partial charge < -0.3 is 14.0 Å². The van der Waals surface area contributed by atoms with Gasteiger partial charge in [0.2, 0.25) is 0 Å². The maximum atomic E-state index is 13.9. The number of carbonyl (C=O) groups is 2. The number of nitrogens with zero attached hydrogens (tertiary/aromatic N) is 3. The summed E-state index contributed by atoms with van der Waals surface area (Å²) in [6.45, 7) is 9.84. The van der Waals surface area contributed by atoms with Crippen molar-refractivity contribution < 1.29 is 19.1 Å². The molecule has 1 aliphatic heterocycles. The first-order valence-electron chi connectivity index (χ1n) is 13.5. The fraction of sp³-hybridized carbons (Fsp3) is 0.250. The SMILES string of the molecule is CCOC(=O)C1=C(C)N=c2s/c(=C/c3cc(C)n(-c4ccc(C(=O)OCC)cc4)c3C)c(=O)n2[C@H]1c1ccccc1. The van der Waals surface area contributed by atoms with Crippen molar-refractivity contribution in [1.82, 2.24) is 9.13 Å². The normalized spacial score (nSPS) is 15.0. The van der Waals surface area contributed by atoms with Gasteiger partial charge in [0.25, 0.3) is 5.56 Å². The number of aryl methyl sites for hydroxylation is 1. The van der Waals surface area contributed by atoms with Gasteiger partial charge in [0.15, 0.2) is 4.80 Å². The minimum Gasteiger partial charge on any atom is -0.463 e. The summed E-state index contributed by atoms with van der Waals surface area (Å²) in [6.07, 6.45) is 1.88. The van der Waals surface area contributed by atoms with Crippen LogP contribution in [-0.2, 0) is 14.3 Å². The molecule has 41 heavy (non-hydrogen) atoms. The lowest BCUT2D eigenvalue weighted by Crippen LogP contribution is -2.39. The summed E-state index contributed by atoms with van der Waals surface area (Å²) in [4.78, 5) is 44.2. The molecule has 0 radical (unpaired) electrons. The Hall–Kier alpha value is -4.50. The van der Waals surface area contributed by atoms with Gasteiger partial charge in [-0.2, -0.15) is 0 Å². The van der Waals surface area contributed by atoms with Gasteiger partial charge in [0.1, 0.15) is 0 Å². The van der Waals surface area contributed by atoms with E-state index in [4.69, 9.17) is 9.47 Å². The Bertz CT molecular complexity index is 1840. The molecule has 8 nitrogen and oxygen atoms in total. The average Bonchev–Trinajstić information content (AvgIpc) is 3.42. The largest absolute Gasteiger partial charge is 0.463 e. The minimum absolute atomic E-state index is 0.222. The van der Waals surface area contributed by atoms with Crippen LogP contribution in [0.25, 0.3) is 11.8 Å². The molecular formula is C32H31N3O5S. The molecule has 0 N–H and O–H groups in total. The summed E-state index contributed by atoms with van der Waals surface area (Å²) in [5.41, 5.74) is 5.68. The predicted octanol–water partition coefficient (Wildman–Crippen LogP) is 4.38. The highest BCUT2D eigenvalue weighted by atomic mass is 32.1. The van der Waals surface area contributed by atoms with Crippen LogP contribution in [0.4, 0.5) is 0 Å². The van der Waals surface area contributed by atoms with E-state index in [0.29, 0.717) is 32.8 Å². The molecule has 9 heteroatoms. The van der Waals surface area contributed by atoms with Crippen molar-refractivity contribution >= 4 is 29.4 Å². The standard InChI is InChI=1S/C32H31N3O5S/c1-6-39-30(37)23-13-15-25(16-14-23)34-19(3)17-24(21(34)5)18-26-29(36)35-28(22-11-9-8-10-12-22)27(31(38)40-7-2)20(4)33-32(35)41-26/h8-18,28H,6-7H2,1-5H3/b26-18+/t28-/m0/s1. The zero-order chi connectivity index (χ0) is 29.3. The number of ether oxygens (including phenoxy) is 2. The molecule has 1 atom stereocenters. The molecule has 0 spiro atoms. The van der Waals surface area contributed by atoms with Crippen LogP contribution < -0.4 is 14.9 Å². The van der Waals surface area contributed by atoms with E-state index in [1.54, 1.807) is 37.5 Å². The molecule has 0 fully saturated rings. The number of aromatic nitrogens is 2. The fourth-order valence-electron chi connectivity index (χ4n) is 5.18. The van der Waals surface area contributed by atoms with Gasteiger partial charge in [-0.3, -0.25) is 9.36 Å². The number of allylic oxidation sites excluding steroid dienone is 1. The van der Waals surface area contributed by atoms with E-state index in [2.05, 4.69) is 9.56 Å². The second-order valence-electron chi connectivity index (χ2n) is 9.64. The topological polar surface area (TPSA) is 91.9 Å². The van der Waals surface area contributed by atoms with Crippen molar-refractivity contribution in [3.8, 4) is 5.69 Å². The molecular weight excluding hydrogens is 538 g/mol. The first kappa shape index (κ1) is 28.0. The number of fused-ring (bicyclic) bond motifs is 1. The van der Waals surface area contributed by atoms with Gasteiger partial charge in [0, 0.05) is 17.1 Å². The third-order valence-corrected chi connectivity index (χ3v) is 8.01. The molecule has 4 aromatic rings. The fourth-order valence-corrected chi connectivity index (χ4v) is 6.21. The highest BCUT2D eigenvalue weighted by molar-refractivity contribution is 7.07. The number of carbonyl (C=O) groups excluding carboxylic acids is 2. The van der Waals surface area contributed by atoms with Crippen LogP contribution in [0.5, 0.6) is 0 Å². The molecule has 0 saturated carbocycles. The van der Waals surface area contributed by atoms with Gasteiger partial charge in [-0.05, 0) is 82.2 Å². The Morgan fingerprint density at radius 3 is 2.27 bits per heavy atom. The molecule has 0 aliphatic carbocycles. The molecule has 0 unspecified atom stereocenters. The molecule has 2 aromatic heterocycles. The quantitative estimate of drug-likeness (QED) is 0.308. The summed E-state index contributed by atoms with van der Waals surface area (Å²) < 4.78 is 14.6. The second-order valence-corrected chi connectivity index (χ2v) is 10.7. The van der Waals surface area contributed by atoms with Crippen molar-refractivity contribution in [2.75, 3.05) is 13.2 Å². The van der Waals surface area contributed by atoms with Gasteiger partial charge in [0.05, 0.1) is 40.6 Å². The number of esters is 2. The smallest absolute Gasteiger partial charge is 0.338 e. The zero-order valence-corrected chi connectivity index (χ0v) is 24.5. The van der Waals surface area contributed by atoms with Crippen LogP contribution >= 0.6 is 11.3 Å². The van der Waals surface area contributed by atoms with E-state index in [1.165, 1.54) is 11.3 Å².